The molecule has 28 heavy (non-hydrogen) atoms. The Hall–Kier alpha value is -2.28. The summed E-state index contributed by atoms with van der Waals surface area (Å²) in [5.74, 6) is 1.05. The Labute approximate surface area is 167 Å². The molecule has 0 aliphatic carbocycles. The smallest absolute Gasteiger partial charge is 0.225 e. The number of hydrogen-bond donors (Lipinski definition) is 1. The van der Waals surface area contributed by atoms with Crippen molar-refractivity contribution in [1.82, 2.24) is 4.57 Å². The highest BCUT2D eigenvalue weighted by atomic mass is 32.2. The Bertz CT molecular complexity index is 942. The Morgan fingerprint density at radius 1 is 1.18 bits per heavy atom. The summed E-state index contributed by atoms with van der Waals surface area (Å²) in [7, 11) is -2.28. The molecule has 7 heteroatoms. The molecule has 1 N–H and O–H groups in total. The van der Waals surface area contributed by atoms with Crippen molar-refractivity contribution in [1.29, 1.82) is 0 Å². The third kappa shape index (κ3) is 4.41. The Balaban J connectivity index is 2.67. The van der Waals surface area contributed by atoms with Gasteiger partial charge in [0.1, 0.15) is 16.5 Å². The number of benzene rings is 1. The predicted octanol–water partition coefficient (Wildman–Crippen LogP) is 4.34. The number of amides is 1. The molecule has 0 fully saturated rings. The second kappa shape index (κ2) is 8.82. The summed E-state index contributed by atoms with van der Waals surface area (Å²) in [5, 5.41) is 2.87. The topological polar surface area (TPSA) is 77.4 Å². The number of anilines is 1. The third-order valence-corrected chi connectivity index (χ3v) is 6.62. The molecule has 6 nitrogen and oxygen atoms in total. The molecule has 0 saturated carbocycles. The largest absolute Gasteiger partial charge is 0.497 e. The summed E-state index contributed by atoms with van der Waals surface area (Å²) in [5.41, 5.74) is 1.50. The summed E-state index contributed by atoms with van der Waals surface area (Å²) >= 11 is 0. The Morgan fingerprint density at radius 2 is 1.79 bits per heavy atom. The molecule has 0 unspecified atom stereocenters. The molecule has 0 radical (unpaired) electrons. The number of sulfone groups is 1. The molecule has 0 saturated heterocycles. The molecule has 1 heterocycles. The zero-order chi connectivity index (χ0) is 21.1. The first-order chi connectivity index (χ1) is 13.1. The highest BCUT2D eigenvalue weighted by Gasteiger charge is 2.30. The van der Waals surface area contributed by atoms with Crippen molar-refractivity contribution in [2.75, 3.05) is 12.4 Å². The van der Waals surface area contributed by atoms with E-state index in [-0.39, 0.29) is 15.7 Å². The molecule has 0 aliphatic heterocycles. The average Bonchev–Trinajstić information content (AvgIpc) is 2.86. The number of carbonyl (C=O) groups excluding carboxylic acids is 1. The van der Waals surface area contributed by atoms with Crippen LogP contribution in [0, 0.1) is 19.8 Å². The van der Waals surface area contributed by atoms with Gasteiger partial charge in [0.15, 0.2) is 0 Å². The second-order valence-electron chi connectivity index (χ2n) is 7.37. The number of nitrogens with zero attached hydrogens (tertiary/aromatic N) is 1. The lowest BCUT2D eigenvalue weighted by molar-refractivity contribution is -0.116. The number of rotatable bonds is 8. The minimum Gasteiger partial charge on any atom is -0.497 e. The van der Waals surface area contributed by atoms with E-state index in [2.05, 4.69) is 19.2 Å². The number of ether oxygens (including phenoxy) is 1. The van der Waals surface area contributed by atoms with Crippen LogP contribution in [0.2, 0.25) is 0 Å². The Morgan fingerprint density at radius 3 is 2.29 bits per heavy atom. The van der Waals surface area contributed by atoms with Crippen LogP contribution in [0.15, 0.2) is 34.1 Å². The minimum atomic E-state index is -3.81. The molecule has 1 aromatic carbocycles. The van der Waals surface area contributed by atoms with E-state index in [1.165, 1.54) is 19.2 Å². The fourth-order valence-electron chi connectivity index (χ4n) is 3.18. The first-order valence-corrected chi connectivity index (χ1v) is 11.0. The summed E-state index contributed by atoms with van der Waals surface area (Å²) in [4.78, 5) is 12.7. The summed E-state index contributed by atoms with van der Waals surface area (Å²) in [6.45, 7) is 10.3. The van der Waals surface area contributed by atoms with Crippen LogP contribution in [0.3, 0.4) is 0 Å². The number of carbonyl (C=O) groups is 1. The maximum atomic E-state index is 13.5. The minimum absolute atomic E-state index is 0.167. The fraction of sp³-hybridized carbons (Fsp3) is 0.476. The van der Waals surface area contributed by atoms with Gasteiger partial charge in [-0.05, 0) is 56.0 Å². The highest BCUT2D eigenvalue weighted by molar-refractivity contribution is 7.91. The Kier molecular flexibility index (Phi) is 6.93. The van der Waals surface area contributed by atoms with Crippen molar-refractivity contribution in [2.45, 2.75) is 63.8 Å². The van der Waals surface area contributed by atoms with E-state index >= 15 is 0 Å². The lowest BCUT2D eigenvalue weighted by Gasteiger charge is -2.16. The van der Waals surface area contributed by atoms with Gasteiger partial charge in [0, 0.05) is 18.7 Å². The van der Waals surface area contributed by atoms with Crippen molar-refractivity contribution in [3.63, 3.8) is 0 Å². The normalized spacial score (nSPS) is 11.7. The SMILES string of the molecule is CCCC(=O)Nc1c(S(=O)(=O)c2ccc(OC)cc2)c(C)c(C)n1CC(C)C. The van der Waals surface area contributed by atoms with E-state index in [9.17, 15) is 13.2 Å². The van der Waals surface area contributed by atoms with Gasteiger partial charge in [0.05, 0.1) is 12.0 Å². The molecule has 0 aliphatic rings. The van der Waals surface area contributed by atoms with E-state index in [0.29, 0.717) is 42.4 Å². The molecular weight excluding hydrogens is 376 g/mol. The van der Waals surface area contributed by atoms with Crippen LogP contribution in [-0.2, 0) is 21.2 Å². The maximum absolute atomic E-state index is 13.5. The van der Waals surface area contributed by atoms with Crippen LogP contribution in [0.5, 0.6) is 5.75 Å². The van der Waals surface area contributed by atoms with Gasteiger partial charge in [-0.1, -0.05) is 20.8 Å². The van der Waals surface area contributed by atoms with E-state index < -0.39 is 9.84 Å². The number of aromatic nitrogens is 1. The van der Waals surface area contributed by atoms with Gasteiger partial charge in [0.25, 0.3) is 0 Å². The van der Waals surface area contributed by atoms with E-state index in [0.717, 1.165) is 5.69 Å². The summed E-state index contributed by atoms with van der Waals surface area (Å²) in [6, 6.07) is 6.30. The standard InChI is InChI=1S/C21H30N2O4S/c1-7-8-19(24)22-21-20(15(4)16(5)23(21)13-14(2)3)28(25,26)18-11-9-17(27-6)10-12-18/h9-12,14H,7-8,13H2,1-6H3,(H,22,24). The van der Waals surface area contributed by atoms with Crippen molar-refractivity contribution >= 4 is 21.6 Å². The number of hydrogen-bond acceptors (Lipinski definition) is 4. The van der Waals surface area contributed by atoms with Crippen molar-refractivity contribution < 1.29 is 17.9 Å². The van der Waals surface area contributed by atoms with Gasteiger partial charge < -0.3 is 14.6 Å². The zero-order valence-electron chi connectivity index (χ0n) is 17.5. The number of methoxy groups -OCH3 is 1. The van der Waals surface area contributed by atoms with Gasteiger partial charge in [-0.25, -0.2) is 8.42 Å². The van der Waals surface area contributed by atoms with Gasteiger partial charge in [-0.2, -0.15) is 0 Å². The van der Waals surface area contributed by atoms with E-state index in [1.807, 2.05) is 18.4 Å². The van der Waals surface area contributed by atoms with Gasteiger partial charge in [-0.3, -0.25) is 4.79 Å². The molecule has 2 rings (SSSR count). The van der Waals surface area contributed by atoms with Crippen molar-refractivity contribution in [3.05, 3.63) is 35.5 Å². The van der Waals surface area contributed by atoms with Gasteiger partial charge in [-0.15, -0.1) is 0 Å². The lowest BCUT2D eigenvalue weighted by atomic mass is 10.2. The predicted molar refractivity (Wildman–Crippen MR) is 111 cm³/mol. The maximum Gasteiger partial charge on any atom is 0.225 e. The first kappa shape index (κ1) is 22.0. The molecule has 0 atom stereocenters. The van der Waals surface area contributed by atoms with Crippen LogP contribution in [-0.4, -0.2) is 26.0 Å². The molecular formula is C21H30N2O4S. The molecule has 1 aromatic heterocycles. The zero-order valence-corrected chi connectivity index (χ0v) is 18.3. The molecule has 1 amide bonds. The van der Waals surface area contributed by atoms with E-state index in [1.54, 1.807) is 19.1 Å². The summed E-state index contributed by atoms with van der Waals surface area (Å²) in [6.07, 6.45) is 1.03. The van der Waals surface area contributed by atoms with Crippen molar-refractivity contribution in [2.24, 2.45) is 5.92 Å². The second-order valence-corrected chi connectivity index (χ2v) is 9.26. The van der Waals surface area contributed by atoms with Crippen LogP contribution >= 0.6 is 0 Å². The monoisotopic (exact) mass is 406 g/mol. The molecule has 0 spiro atoms. The third-order valence-electron chi connectivity index (χ3n) is 4.69. The van der Waals surface area contributed by atoms with E-state index in [4.69, 9.17) is 4.74 Å². The number of nitrogens with one attached hydrogen (secondary N) is 1. The van der Waals surface area contributed by atoms with Crippen LogP contribution in [0.25, 0.3) is 0 Å². The van der Waals surface area contributed by atoms with Crippen LogP contribution < -0.4 is 10.1 Å². The fourth-order valence-corrected chi connectivity index (χ4v) is 4.87. The van der Waals surface area contributed by atoms with Crippen molar-refractivity contribution in [3.8, 4) is 5.75 Å². The van der Waals surface area contributed by atoms with Gasteiger partial charge >= 0.3 is 0 Å². The van der Waals surface area contributed by atoms with Gasteiger partial charge in [0.2, 0.25) is 15.7 Å². The molecule has 154 valence electrons. The quantitative estimate of drug-likeness (QED) is 0.707. The first-order valence-electron chi connectivity index (χ1n) is 9.52. The average molecular weight is 407 g/mol. The van der Waals surface area contributed by atoms with Crippen LogP contribution in [0.4, 0.5) is 5.82 Å². The van der Waals surface area contributed by atoms with Crippen LogP contribution in [0.1, 0.15) is 44.9 Å². The highest BCUT2D eigenvalue weighted by Crippen LogP contribution is 2.36. The summed E-state index contributed by atoms with van der Waals surface area (Å²) < 4.78 is 34.0. The molecule has 0 bridgehead atoms. The molecule has 2 aromatic rings. The lowest BCUT2D eigenvalue weighted by Crippen LogP contribution is -2.18.